The number of rotatable bonds is 5. The fourth-order valence-electron chi connectivity index (χ4n) is 5.09. The molecule has 7 nitrogen and oxygen atoms in total. The first-order valence-electron chi connectivity index (χ1n) is 11.0. The van der Waals surface area contributed by atoms with Crippen LogP contribution in [0.3, 0.4) is 0 Å². The Labute approximate surface area is 175 Å². The molecule has 0 N–H and O–H groups in total. The normalized spacial score (nSPS) is 20.3. The summed E-state index contributed by atoms with van der Waals surface area (Å²) in [7, 11) is 0. The van der Waals surface area contributed by atoms with Gasteiger partial charge in [-0.1, -0.05) is 25.0 Å². The SMILES string of the molecule is O=c1ncccn1CCN1CCCC1c1nc2ccccc2c(=O)n1C1CCCC1. The van der Waals surface area contributed by atoms with Crippen LogP contribution in [-0.2, 0) is 6.54 Å². The van der Waals surface area contributed by atoms with Crippen molar-refractivity contribution in [3.8, 4) is 0 Å². The third kappa shape index (κ3) is 3.47. The van der Waals surface area contributed by atoms with E-state index in [0.717, 1.165) is 50.1 Å². The van der Waals surface area contributed by atoms with Crippen molar-refractivity contribution >= 4 is 10.9 Å². The van der Waals surface area contributed by atoms with Gasteiger partial charge in [0.2, 0.25) is 0 Å². The Balaban J connectivity index is 1.52. The lowest BCUT2D eigenvalue weighted by Gasteiger charge is -2.28. The Morgan fingerprint density at radius 1 is 0.967 bits per heavy atom. The Morgan fingerprint density at radius 2 is 1.80 bits per heavy atom. The fourth-order valence-corrected chi connectivity index (χ4v) is 5.09. The highest BCUT2D eigenvalue weighted by Gasteiger charge is 2.32. The molecule has 0 bridgehead atoms. The van der Waals surface area contributed by atoms with Gasteiger partial charge in [-0.25, -0.2) is 14.8 Å². The quantitative estimate of drug-likeness (QED) is 0.653. The second kappa shape index (κ2) is 8.14. The van der Waals surface area contributed by atoms with Gasteiger partial charge in [-0.3, -0.25) is 18.8 Å². The Morgan fingerprint density at radius 3 is 2.63 bits per heavy atom. The van der Waals surface area contributed by atoms with E-state index in [1.165, 1.54) is 19.0 Å². The highest BCUT2D eigenvalue weighted by molar-refractivity contribution is 5.77. The van der Waals surface area contributed by atoms with Crippen LogP contribution >= 0.6 is 0 Å². The van der Waals surface area contributed by atoms with Crippen LogP contribution in [0, 0.1) is 0 Å². The first-order chi connectivity index (χ1) is 14.7. The summed E-state index contributed by atoms with van der Waals surface area (Å²) in [6.07, 6.45) is 9.79. The van der Waals surface area contributed by atoms with Gasteiger partial charge >= 0.3 is 5.69 Å². The molecule has 1 saturated heterocycles. The van der Waals surface area contributed by atoms with Crippen LogP contribution < -0.4 is 11.2 Å². The molecule has 0 amide bonds. The summed E-state index contributed by atoms with van der Waals surface area (Å²) in [5.41, 5.74) is 0.653. The third-order valence-corrected chi connectivity index (χ3v) is 6.60. The number of benzene rings is 1. The van der Waals surface area contributed by atoms with Gasteiger partial charge in [-0.2, -0.15) is 0 Å². The maximum absolute atomic E-state index is 13.5. The van der Waals surface area contributed by atoms with Crippen molar-refractivity contribution in [2.45, 2.75) is 57.2 Å². The van der Waals surface area contributed by atoms with Gasteiger partial charge < -0.3 is 0 Å². The molecule has 1 aromatic carbocycles. The molecule has 1 unspecified atom stereocenters. The van der Waals surface area contributed by atoms with Crippen LogP contribution in [0.5, 0.6) is 0 Å². The fraction of sp³-hybridized carbons (Fsp3) is 0.478. The van der Waals surface area contributed by atoms with Crippen molar-refractivity contribution in [2.24, 2.45) is 0 Å². The molecular weight excluding hydrogens is 378 g/mol. The van der Waals surface area contributed by atoms with E-state index in [0.29, 0.717) is 11.9 Å². The van der Waals surface area contributed by atoms with Crippen LogP contribution in [-0.4, -0.2) is 37.1 Å². The number of aromatic nitrogens is 4. The predicted octanol–water partition coefficient (Wildman–Crippen LogP) is 2.91. The number of hydrogen-bond donors (Lipinski definition) is 0. The van der Waals surface area contributed by atoms with Gasteiger partial charge in [-0.05, 0) is 50.4 Å². The van der Waals surface area contributed by atoms with Crippen molar-refractivity contribution < 1.29 is 0 Å². The lowest BCUT2D eigenvalue weighted by atomic mass is 10.1. The molecule has 156 valence electrons. The molecule has 2 aliphatic rings. The second-order valence-electron chi connectivity index (χ2n) is 8.39. The lowest BCUT2D eigenvalue weighted by Crippen LogP contribution is -2.36. The molecule has 2 aromatic heterocycles. The van der Waals surface area contributed by atoms with Gasteiger partial charge in [0, 0.05) is 31.5 Å². The standard InChI is InChI=1S/C23H27N5O2/c29-22-18-9-3-4-10-19(18)25-21(28(22)17-7-1-2-8-17)20-11-5-13-26(20)15-16-27-14-6-12-24-23(27)30/h3-4,6,9-10,12,14,17,20H,1-2,5,7-8,11,13,15-16H2. The number of para-hydroxylation sites is 1. The molecule has 1 aliphatic heterocycles. The summed E-state index contributed by atoms with van der Waals surface area (Å²) < 4.78 is 3.65. The van der Waals surface area contributed by atoms with Crippen molar-refractivity contribution in [2.75, 3.05) is 13.1 Å². The number of hydrogen-bond acceptors (Lipinski definition) is 5. The predicted molar refractivity (Wildman–Crippen MR) is 116 cm³/mol. The van der Waals surface area contributed by atoms with E-state index < -0.39 is 0 Å². The number of likely N-dealkylation sites (tertiary alicyclic amines) is 1. The Hall–Kier alpha value is -2.80. The van der Waals surface area contributed by atoms with Gasteiger partial charge in [0.1, 0.15) is 5.82 Å². The van der Waals surface area contributed by atoms with Crippen LogP contribution in [0.4, 0.5) is 0 Å². The minimum absolute atomic E-state index is 0.0952. The highest BCUT2D eigenvalue weighted by atomic mass is 16.1. The summed E-state index contributed by atoms with van der Waals surface area (Å²) in [4.78, 5) is 36.7. The summed E-state index contributed by atoms with van der Waals surface area (Å²) in [5.74, 6) is 0.904. The van der Waals surface area contributed by atoms with Crippen molar-refractivity contribution in [1.82, 2.24) is 24.0 Å². The molecule has 0 spiro atoms. The average Bonchev–Trinajstić information content (AvgIpc) is 3.45. The zero-order valence-corrected chi connectivity index (χ0v) is 17.1. The maximum atomic E-state index is 13.5. The van der Waals surface area contributed by atoms with E-state index in [-0.39, 0.29) is 23.3 Å². The van der Waals surface area contributed by atoms with E-state index >= 15 is 0 Å². The van der Waals surface area contributed by atoms with Crippen LogP contribution in [0.15, 0.2) is 52.3 Å². The van der Waals surface area contributed by atoms with Gasteiger partial charge in [0.15, 0.2) is 0 Å². The monoisotopic (exact) mass is 405 g/mol. The third-order valence-electron chi connectivity index (χ3n) is 6.60. The molecule has 7 heteroatoms. The van der Waals surface area contributed by atoms with Gasteiger partial charge in [-0.15, -0.1) is 0 Å². The molecule has 1 saturated carbocycles. The van der Waals surface area contributed by atoms with Crippen molar-refractivity contribution in [1.29, 1.82) is 0 Å². The summed E-state index contributed by atoms with van der Waals surface area (Å²) in [5, 5.41) is 0.708. The lowest BCUT2D eigenvalue weighted by molar-refractivity contribution is 0.227. The van der Waals surface area contributed by atoms with Crippen LogP contribution in [0.25, 0.3) is 10.9 Å². The molecule has 5 rings (SSSR count). The van der Waals surface area contributed by atoms with E-state index in [1.807, 2.05) is 28.8 Å². The highest BCUT2D eigenvalue weighted by Crippen LogP contribution is 2.35. The molecule has 3 heterocycles. The molecule has 1 atom stereocenters. The molecule has 0 radical (unpaired) electrons. The summed E-state index contributed by atoms with van der Waals surface area (Å²) >= 11 is 0. The molecule has 3 aromatic rings. The topological polar surface area (TPSA) is 73.0 Å². The average molecular weight is 406 g/mol. The number of fused-ring (bicyclic) bond motifs is 1. The summed E-state index contributed by atoms with van der Waals surface area (Å²) in [6.45, 7) is 2.28. The largest absolute Gasteiger partial charge is 0.347 e. The zero-order chi connectivity index (χ0) is 20.5. The zero-order valence-electron chi connectivity index (χ0n) is 17.1. The van der Waals surface area contributed by atoms with E-state index in [9.17, 15) is 9.59 Å². The van der Waals surface area contributed by atoms with Crippen LogP contribution in [0.2, 0.25) is 0 Å². The Bertz CT molecular complexity index is 1160. The van der Waals surface area contributed by atoms with E-state index in [2.05, 4.69) is 9.88 Å². The number of nitrogens with zero attached hydrogens (tertiary/aromatic N) is 5. The van der Waals surface area contributed by atoms with E-state index in [1.54, 1.807) is 16.8 Å². The van der Waals surface area contributed by atoms with Crippen molar-refractivity contribution in [3.63, 3.8) is 0 Å². The molecule has 30 heavy (non-hydrogen) atoms. The maximum Gasteiger partial charge on any atom is 0.347 e. The molecule has 1 aliphatic carbocycles. The van der Waals surface area contributed by atoms with Crippen molar-refractivity contribution in [3.05, 3.63) is 69.4 Å². The first-order valence-corrected chi connectivity index (χ1v) is 11.0. The molecule has 2 fully saturated rings. The summed E-state index contributed by atoms with van der Waals surface area (Å²) in [6, 6.07) is 9.82. The molecular formula is C23H27N5O2. The Kier molecular flexibility index (Phi) is 5.21. The van der Waals surface area contributed by atoms with Gasteiger partial charge in [0.05, 0.1) is 16.9 Å². The minimum atomic E-state index is -0.222. The van der Waals surface area contributed by atoms with Gasteiger partial charge in [0.25, 0.3) is 5.56 Å². The minimum Gasteiger partial charge on any atom is -0.298 e. The second-order valence-corrected chi connectivity index (χ2v) is 8.39. The first kappa shape index (κ1) is 19.2. The van der Waals surface area contributed by atoms with E-state index in [4.69, 9.17) is 4.98 Å². The van der Waals surface area contributed by atoms with Crippen LogP contribution in [0.1, 0.15) is 56.4 Å². The smallest absolute Gasteiger partial charge is 0.298 e.